The molecule has 2 aromatic heterocycles. The fourth-order valence-electron chi connectivity index (χ4n) is 6.18. The summed E-state index contributed by atoms with van der Waals surface area (Å²) >= 11 is 3.27. The zero-order valence-corrected chi connectivity index (χ0v) is 34.0. The summed E-state index contributed by atoms with van der Waals surface area (Å²) in [5.74, 6) is 0.0403. The fourth-order valence-corrected chi connectivity index (χ4v) is 8.32. The number of rotatable bonds is 21. The summed E-state index contributed by atoms with van der Waals surface area (Å²) in [6.45, 7) is 6.90. The second kappa shape index (κ2) is 19.5. The first-order chi connectivity index (χ1) is 25.3. The summed E-state index contributed by atoms with van der Waals surface area (Å²) in [5, 5.41) is 20.2. The Hall–Kier alpha value is -3.75. The Morgan fingerprint density at radius 1 is 0.849 bits per heavy atom. The molecule has 0 bridgehead atoms. The Morgan fingerprint density at radius 3 is 2.04 bits per heavy atom. The third-order valence-electron chi connectivity index (χ3n) is 8.97. The van der Waals surface area contributed by atoms with Crippen LogP contribution in [0.4, 0.5) is 10.3 Å². The highest BCUT2D eigenvalue weighted by Gasteiger charge is 2.34. The van der Waals surface area contributed by atoms with Gasteiger partial charge in [0.2, 0.25) is 21.9 Å². The van der Waals surface area contributed by atoms with E-state index in [0.717, 1.165) is 25.7 Å². The first-order valence-electron chi connectivity index (χ1n) is 18.1. The van der Waals surface area contributed by atoms with E-state index in [1.54, 1.807) is 41.0 Å². The van der Waals surface area contributed by atoms with E-state index in [2.05, 4.69) is 51.9 Å². The zero-order chi connectivity index (χ0) is 38.6. The molecule has 14 heteroatoms. The second-order valence-corrected chi connectivity index (χ2v) is 17.1. The van der Waals surface area contributed by atoms with Gasteiger partial charge < -0.3 is 19.3 Å². The van der Waals surface area contributed by atoms with E-state index >= 15 is 0 Å². The molecule has 0 saturated carbocycles. The van der Waals surface area contributed by atoms with Gasteiger partial charge in [-0.25, -0.2) is 22.1 Å². The van der Waals surface area contributed by atoms with Crippen molar-refractivity contribution < 1.29 is 32.1 Å². The average molecular weight is 819 g/mol. The van der Waals surface area contributed by atoms with Gasteiger partial charge in [0.25, 0.3) is 0 Å². The molecule has 0 radical (unpaired) electrons. The van der Waals surface area contributed by atoms with Crippen molar-refractivity contribution >= 4 is 31.9 Å². The van der Waals surface area contributed by atoms with E-state index in [1.165, 1.54) is 75.9 Å². The molecule has 0 amide bonds. The predicted molar refractivity (Wildman–Crippen MR) is 210 cm³/mol. The Kier molecular flexibility index (Phi) is 15.5. The van der Waals surface area contributed by atoms with Crippen molar-refractivity contribution in [3.05, 3.63) is 70.5 Å². The van der Waals surface area contributed by atoms with Crippen molar-refractivity contribution in [2.24, 2.45) is 5.41 Å². The van der Waals surface area contributed by atoms with E-state index in [-0.39, 0.29) is 28.4 Å². The molecule has 0 aliphatic heterocycles. The number of aromatic nitrogens is 4. The fraction of sp³-hybridized carbons (Fsp3) is 0.513. The number of anilines is 1. The molecule has 1 atom stereocenters. The summed E-state index contributed by atoms with van der Waals surface area (Å²) in [5.41, 5.74) is 1.34. The van der Waals surface area contributed by atoms with E-state index in [4.69, 9.17) is 14.2 Å². The summed E-state index contributed by atoms with van der Waals surface area (Å²) in [4.78, 5) is 4.57. The van der Waals surface area contributed by atoms with Crippen LogP contribution in [0.3, 0.4) is 0 Å². The first kappa shape index (κ1) is 42.0. The van der Waals surface area contributed by atoms with Gasteiger partial charge in [0, 0.05) is 17.1 Å². The maximum Gasteiger partial charge on any atom is 0.246 e. The van der Waals surface area contributed by atoms with Crippen LogP contribution in [0, 0.1) is 11.2 Å². The molecular weight excluding hydrogens is 765 g/mol. The summed E-state index contributed by atoms with van der Waals surface area (Å²) in [6.07, 6.45) is 9.13. The second-order valence-electron chi connectivity index (χ2n) is 14.3. The van der Waals surface area contributed by atoms with Crippen molar-refractivity contribution in [3.8, 4) is 34.6 Å². The van der Waals surface area contributed by atoms with E-state index < -0.39 is 27.7 Å². The smallest absolute Gasteiger partial charge is 0.246 e. The number of methoxy groups -OCH3 is 3. The summed E-state index contributed by atoms with van der Waals surface area (Å²) in [6, 6.07) is 14.1. The third kappa shape index (κ3) is 11.6. The molecule has 1 unspecified atom stereocenters. The van der Waals surface area contributed by atoms with Crippen molar-refractivity contribution in [2.75, 3.05) is 37.9 Å². The first-order valence-corrected chi connectivity index (χ1v) is 20.5. The molecular formula is C39H53BrFN5O6S. The highest BCUT2D eigenvalue weighted by atomic mass is 79.9. The molecule has 0 spiro atoms. The van der Waals surface area contributed by atoms with Crippen LogP contribution in [0.1, 0.15) is 96.6 Å². The predicted octanol–water partition coefficient (Wildman–Crippen LogP) is 9.07. The quantitative estimate of drug-likeness (QED) is 0.0819. The lowest BCUT2D eigenvalue weighted by Crippen LogP contribution is -2.37. The number of unbranched alkanes of at least 4 members (excludes halogenated alkanes) is 8. The van der Waals surface area contributed by atoms with Crippen LogP contribution < -0.4 is 18.5 Å². The van der Waals surface area contributed by atoms with Crippen molar-refractivity contribution in [2.45, 2.75) is 91.1 Å². The molecule has 2 aromatic carbocycles. The van der Waals surface area contributed by atoms with Crippen molar-refractivity contribution in [3.63, 3.8) is 0 Å². The number of pyridine rings is 1. The monoisotopic (exact) mass is 817 g/mol. The molecule has 4 rings (SSSR count). The Morgan fingerprint density at radius 2 is 1.45 bits per heavy atom. The molecule has 0 fully saturated rings. The molecule has 0 aliphatic carbocycles. The average Bonchev–Trinajstić information content (AvgIpc) is 3.54. The number of benzene rings is 2. The van der Waals surface area contributed by atoms with E-state index in [9.17, 15) is 17.9 Å². The summed E-state index contributed by atoms with van der Waals surface area (Å²) < 4.78 is 62.7. The molecule has 0 saturated heterocycles. The van der Waals surface area contributed by atoms with Crippen LogP contribution in [0.5, 0.6) is 17.4 Å². The van der Waals surface area contributed by atoms with Gasteiger partial charge in [-0.3, -0.25) is 4.57 Å². The van der Waals surface area contributed by atoms with Gasteiger partial charge in [-0.05, 0) is 54.2 Å². The molecule has 0 aliphatic rings. The lowest BCUT2D eigenvalue weighted by molar-refractivity contribution is 0.200. The number of hydrogen-bond donors (Lipinski definition) is 1. The van der Waals surface area contributed by atoms with Crippen molar-refractivity contribution in [1.29, 1.82) is 0 Å². The maximum absolute atomic E-state index is 14.5. The molecule has 11 nitrogen and oxygen atoms in total. The topological polar surface area (TPSA) is 129 Å². The van der Waals surface area contributed by atoms with Crippen LogP contribution in [0.15, 0.2) is 59.1 Å². The van der Waals surface area contributed by atoms with Crippen LogP contribution in [0.2, 0.25) is 0 Å². The van der Waals surface area contributed by atoms with E-state index in [0.29, 0.717) is 40.6 Å². The normalized spacial score (nSPS) is 12.5. The molecule has 4 aromatic rings. The minimum absolute atomic E-state index is 0.0342. The minimum Gasteiger partial charge on any atom is -0.494 e. The lowest BCUT2D eigenvalue weighted by Gasteiger charge is -2.26. The van der Waals surface area contributed by atoms with Gasteiger partial charge in [0.15, 0.2) is 5.82 Å². The van der Waals surface area contributed by atoms with Gasteiger partial charge in [-0.15, -0.1) is 10.2 Å². The lowest BCUT2D eigenvalue weighted by atomic mass is 9.89. The Labute approximate surface area is 322 Å². The molecule has 53 heavy (non-hydrogen) atoms. The number of hydrogen-bond acceptors (Lipinski definition) is 9. The van der Waals surface area contributed by atoms with Gasteiger partial charge in [0.1, 0.15) is 28.7 Å². The number of para-hydroxylation sites is 1. The number of aliphatic hydroxyl groups is 1. The number of ether oxygens (including phenoxy) is 3. The van der Waals surface area contributed by atoms with Gasteiger partial charge in [-0.1, -0.05) is 106 Å². The SMILES string of the molecule is COc1cccc(-c2nnc(N(CCCCCCCCCCCC(C)(C)C)S(=O)(=O)CC(O)c3ccc(F)cc3Br)n2-c2c(OC)cccc2OC)n1. The van der Waals surface area contributed by atoms with Crippen LogP contribution >= 0.6 is 15.9 Å². The van der Waals surface area contributed by atoms with Crippen molar-refractivity contribution in [1.82, 2.24) is 19.7 Å². The van der Waals surface area contributed by atoms with Gasteiger partial charge >= 0.3 is 0 Å². The number of halogens is 2. The van der Waals surface area contributed by atoms with Crippen LogP contribution in [-0.4, -0.2) is 66.9 Å². The summed E-state index contributed by atoms with van der Waals surface area (Å²) in [7, 11) is 0.202. The Balaban J connectivity index is 1.67. The minimum atomic E-state index is -4.30. The third-order valence-corrected chi connectivity index (χ3v) is 11.4. The number of sulfonamides is 1. The Bertz CT molecular complexity index is 1860. The highest BCUT2D eigenvalue weighted by Crippen LogP contribution is 2.39. The molecule has 2 heterocycles. The van der Waals surface area contributed by atoms with Gasteiger partial charge in [0.05, 0.1) is 33.2 Å². The van der Waals surface area contributed by atoms with E-state index in [1.807, 2.05) is 0 Å². The number of nitrogens with zero attached hydrogens (tertiary/aromatic N) is 5. The van der Waals surface area contributed by atoms with Gasteiger partial charge in [-0.2, -0.15) is 0 Å². The molecule has 1 N–H and O–H groups in total. The largest absolute Gasteiger partial charge is 0.494 e. The standard InChI is InChI=1S/C39H53BrFN5O6S/c1-39(2,3)24-14-12-10-8-7-9-11-13-15-25-45(53(48,49)27-32(47)29-23-22-28(41)26-30(29)40)38-44-43-37(31-18-16-21-35(42-31)52-6)46(38)36-33(50-4)19-17-20-34(36)51-5/h16-23,26,32,47H,7-15,24-25,27H2,1-6H3. The number of aliphatic hydroxyl groups excluding tert-OH is 1. The maximum atomic E-state index is 14.5. The van der Waals surface area contributed by atoms with Crippen LogP contribution in [0.25, 0.3) is 17.2 Å². The zero-order valence-electron chi connectivity index (χ0n) is 31.6. The highest BCUT2D eigenvalue weighted by molar-refractivity contribution is 9.10. The van der Waals surface area contributed by atoms with Crippen LogP contribution in [-0.2, 0) is 10.0 Å². The molecule has 290 valence electrons.